The molecule has 0 radical (unpaired) electrons. The first-order valence-electron chi connectivity index (χ1n) is 8.72. The number of aryl methyl sites for hydroxylation is 1. The average molecular weight is 363 g/mol. The van der Waals surface area contributed by atoms with Crippen molar-refractivity contribution in [3.63, 3.8) is 0 Å². The maximum atomic E-state index is 12.9. The molecule has 2 N–H and O–H groups in total. The standard InChI is InChI=1S/C17H25N5O4/c1-10-18-7-12-9-21(16(26)22(10)12)11-5-6-20(8-11)14(23)13(17(2,3)4)19-15(24)25/h7,11,13,19H,5-6,8-9H2,1-4H3,(H,24,25)/t11?,13-/m0/s1. The fourth-order valence-corrected chi connectivity index (χ4v) is 3.67. The van der Waals surface area contributed by atoms with E-state index in [2.05, 4.69) is 10.3 Å². The zero-order valence-corrected chi connectivity index (χ0v) is 15.5. The van der Waals surface area contributed by atoms with Crippen LogP contribution in [-0.4, -0.2) is 67.7 Å². The van der Waals surface area contributed by atoms with Crippen molar-refractivity contribution in [3.05, 3.63) is 17.7 Å². The lowest BCUT2D eigenvalue weighted by Gasteiger charge is -2.33. The molecule has 1 aromatic heterocycles. The van der Waals surface area contributed by atoms with E-state index in [1.54, 1.807) is 27.5 Å². The van der Waals surface area contributed by atoms with Crippen molar-refractivity contribution in [1.82, 2.24) is 24.7 Å². The van der Waals surface area contributed by atoms with Gasteiger partial charge < -0.3 is 20.2 Å². The van der Waals surface area contributed by atoms with E-state index in [1.807, 2.05) is 20.8 Å². The summed E-state index contributed by atoms with van der Waals surface area (Å²) in [5.41, 5.74) is 0.315. The minimum Gasteiger partial charge on any atom is -0.465 e. The number of hydrogen-bond donors (Lipinski definition) is 2. The van der Waals surface area contributed by atoms with Gasteiger partial charge in [0, 0.05) is 13.1 Å². The summed E-state index contributed by atoms with van der Waals surface area (Å²) in [4.78, 5) is 44.2. The molecule has 1 unspecified atom stereocenters. The third-order valence-electron chi connectivity index (χ3n) is 5.08. The quantitative estimate of drug-likeness (QED) is 0.840. The minimum atomic E-state index is -1.22. The van der Waals surface area contributed by atoms with Gasteiger partial charge in [-0.3, -0.25) is 9.36 Å². The Morgan fingerprint density at radius 2 is 2.08 bits per heavy atom. The zero-order valence-electron chi connectivity index (χ0n) is 15.5. The number of carbonyl (C=O) groups is 3. The first-order valence-corrected chi connectivity index (χ1v) is 8.72. The largest absolute Gasteiger partial charge is 0.465 e. The number of nitrogens with one attached hydrogen (secondary N) is 1. The number of carboxylic acid groups (broad SMARTS) is 1. The van der Waals surface area contributed by atoms with Crippen LogP contribution in [0.5, 0.6) is 0 Å². The van der Waals surface area contributed by atoms with Gasteiger partial charge in [0.25, 0.3) is 0 Å². The van der Waals surface area contributed by atoms with Crippen molar-refractivity contribution in [2.75, 3.05) is 13.1 Å². The number of nitrogens with zero attached hydrogens (tertiary/aromatic N) is 4. The normalized spacial score (nSPS) is 21.1. The van der Waals surface area contributed by atoms with Gasteiger partial charge in [0.15, 0.2) is 0 Å². The van der Waals surface area contributed by atoms with Gasteiger partial charge in [0.2, 0.25) is 5.91 Å². The van der Waals surface area contributed by atoms with Crippen LogP contribution in [0.4, 0.5) is 9.59 Å². The van der Waals surface area contributed by atoms with Gasteiger partial charge in [0.05, 0.1) is 24.5 Å². The van der Waals surface area contributed by atoms with Crippen molar-refractivity contribution < 1.29 is 19.5 Å². The molecule has 2 aliphatic rings. The summed E-state index contributed by atoms with van der Waals surface area (Å²) >= 11 is 0. The third kappa shape index (κ3) is 3.13. The Morgan fingerprint density at radius 3 is 2.65 bits per heavy atom. The fraction of sp³-hybridized carbons (Fsp3) is 0.647. The Kier molecular flexibility index (Phi) is 4.41. The van der Waals surface area contributed by atoms with Crippen molar-refractivity contribution in [2.45, 2.75) is 52.7 Å². The first-order chi connectivity index (χ1) is 12.1. The molecule has 3 rings (SSSR count). The van der Waals surface area contributed by atoms with Crippen molar-refractivity contribution in [2.24, 2.45) is 5.41 Å². The van der Waals surface area contributed by atoms with Gasteiger partial charge in [-0.2, -0.15) is 0 Å². The minimum absolute atomic E-state index is 0.0730. The number of aromatic nitrogens is 2. The Hall–Kier alpha value is -2.58. The van der Waals surface area contributed by atoms with Crippen LogP contribution >= 0.6 is 0 Å². The number of rotatable bonds is 3. The Labute approximate surface area is 152 Å². The van der Waals surface area contributed by atoms with Crippen LogP contribution in [0, 0.1) is 12.3 Å². The average Bonchev–Trinajstić information content (AvgIpc) is 3.21. The molecular formula is C17H25N5O4. The lowest BCUT2D eigenvalue weighted by molar-refractivity contribution is -0.135. The summed E-state index contributed by atoms with van der Waals surface area (Å²) in [6.07, 6.45) is 1.17. The van der Waals surface area contributed by atoms with E-state index >= 15 is 0 Å². The lowest BCUT2D eigenvalue weighted by atomic mass is 9.86. The second kappa shape index (κ2) is 6.30. The van der Waals surface area contributed by atoms with E-state index in [1.165, 1.54) is 0 Å². The molecule has 0 saturated carbocycles. The number of likely N-dealkylation sites (tertiary alicyclic amines) is 1. The molecule has 0 spiro atoms. The summed E-state index contributed by atoms with van der Waals surface area (Å²) in [5.74, 6) is 0.420. The predicted octanol–water partition coefficient (Wildman–Crippen LogP) is 1.26. The van der Waals surface area contributed by atoms with Gasteiger partial charge in [-0.05, 0) is 18.8 Å². The molecule has 26 heavy (non-hydrogen) atoms. The topological polar surface area (TPSA) is 108 Å². The van der Waals surface area contributed by atoms with E-state index in [-0.39, 0.29) is 18.0 Å². The fourth-order valence-electron chi connectivity index (χ4n) is 3.67. The van der Waals surface area contributed by atoms with Gasteiger partial charge in [-0.15, -0.1) is 0 Å². The molecule has 0 aliphatic carbocycles. The van der Waals surface area contributed by atoms with E-state index in [0.717, 1.165) is 5.69 Å². The van der Waals surface area contributed by atoms with Gasteiger partial charge >= 0.3 is 12.1 Å². The summed E-state index contributed by atoms with van der Waals surface area (Å²) in [6, 6.07) is -1.00. The molecule has 1 fully saturated rings. The first kappa shape index (κ1) is 18.2. The Morgan fingerprint density at radius 1 is 1.38 bits per heavy atom. The highest BCUT2D eigenvalue weighted by molar-refractivity contribution is 5.86. The van der Waals surface area contributed by atoms with Gasteiger partial charge in [0.1, 0.15) is 11.9 Å². The van der Waals surface area contributed by atoms with Crippen LogP contribution in [0.25, 0.3) is 0 Å². The van der Waals surface area contributed by atoms with E-state index < -0.39 is 17.6 Å². The lowest BCUT2D eigenvalue weighted by Crippen LogP contribution is -2.54. The molecule has 1 saturated heterocycles. The maximum absolute atomic E-state index is 12.9. The van der Waals surface area contributed by atoms with Crippen LogP contribution in [0.15, 0.2) is 6.20 Å². The second-order valence-corrected chi connectivity index (χ2v) is 8.02. The summed E-state index contributed by atoms with van der Waals surface area (Å²) in [7, 11) is 0. The number of fused-ring (bicyclic) bond motifs is 1. The second-order valence-electron chi connectivity index (χ2n) is 8.02. The molecule has 1 aromatic rings. The van der Waals surface area contributed by atoms with Crippen LogP contribution in [-0.2, 0) is 11.3 Å². The molecule has 0 aromatic carbocycles. The summed E-state index contributed by atoms with van der Waals surface area (Å²) in [6.45, 7) is 8.68. The zero-order chi connectivity index (χ0) is 19.2. The van der Waals surface area contributed by atoms with E-state index in [9.17, 15) is 14.4 Å². The third-order valence-corrected chi connectivity index (χ3v) is 5.08. The van der Waals surface area contributed by atoms with Crippen LogP contribution in [0.3, 0.4) is 0 Å². The Balaban J connectivity index is 1.69. The highest BCUT2D eigenvalue weighted by atomic mass is 16.4. The van der Waals surface area contributed by atoms with Crippen molar-refractivity contribution in [3.8, 4) is 0 Å². The van der Waals surface area contributed by atoms with Crippen LogP contribution in [0.1, 0.15) is 38.7 Å². The number of carbonyl (C=O) groups excluding carboxylic acids is 2. The molecular weight excluding hydrogens is 338 g/mol. The van der Waals surface area contributed by atoms with Crippen LogP contribution in [0.2, 0.25) is 0 Å². The van der Waals surface area contributed by atoms with Gasteiger partial charge in [-0.25, -0.2) is 14.6 Å². The molecule has 2 aliphatic heterocycles. The Bertz CT molecular complexity index is 751. The van der Waals surface area contributed by atoms with Crippen LogP contribution < -0.4 is 5.32 Å². The number of imidazole rings is 1. The monoisotopic (exact) mass is 363 g/mol. The van der Waals surface area contributed by atoms with E-state index in [4.69, 9.17) is 5.11 Å². The number of amides is 3. The van der Waals surface area contributed by atoms with Crippen molar-refractivity contribution in [1.29, 1.82) is 0 Å². The molecule has 142 valence electrons. The number of hydrogen-bond acceptors (Lipinski definition) is 4. The molecule has 9 heteroatoms. The predicted molar refractivity (Wildman–Crippen MR) is 92.7 cm³/mol. The maximum Gasteiger partial charge on any atom is 0.405 e. The molecule has 3 heterocycles. The molecule has 0 bridgehead atoms. The molecule has 2 atom stereocenters. The SMILES string of the molecule is Cc1ncc2n1C(=O)N(C1CCN(C(=O)[C@H](NC(=O)O)C(C)(C)C)C1)C2. The summed E-state index contributed by atoms with van der Waals surface area (Å²) in [5, 5.41) is 11.4. The smallest absolute Gasteiger partial charge is 0.405 e. The van der Waals surface area contributed by atoms with E-state index in [0.29, 0.717) is 31.9 Å². The molecule has 9 nitrogen and oxygen atoms in total. The molecule has 3 amide bonds. The highest BCUT2D eigenvalue weighted by Gasteiger charge is 2.42. The van der Waals surface area contributed by atoms with Gasteiger partial charge in [-0.1, -0.05) is 20.8 Å². The van der Waals surface area contributed by atoms with Crippen molar-refractivity contribution >= 4 is 18.0 Å². The summed E-state index contributed by atoms with van der Waals surface area (Å²) < 4.78 is 1.61. The highest BCUT2D eigenvalue weighted by Crippen LogP contribution is 2.27.